The largest absolute Gasteiger partial charge is 0.486 e. The van der Waals surface area contributed by atoms with Gasteiger partial charge in [0.2, 0.25) is 0 Å². The molecule has 0 saturated heterocycles. The number of nitrogens with zero attached hydrogens (tertiary/aromatic N) is 2. The van der Waals surface area contributed by atoms with Crippen molar-refractivity contribution in [1.82, 2.24) is 10.3 Å². The predicted molar refractivity (Wildman–Crippen MR) is 98.7 cm³/mol. The van der Waals surface area contributed by atoms with Gasteiger partial charge in [0.25, 0.3) is 0 Å². The van der Waals surface area contributed by atoms with Gasteiger partial charge in [-0.2, -0.15) is 0 Å². The molecule has 0 spiro atoms. The number of amidine groups is 1. The molecule has 25 heavy (non-hydrogen) atoms. The first-order valence-electron chi connectivity index (χ1n) is 8.36. The highest BCUT2D eigenvalue weighted by Gasteiger charge is 2.31. The van der Waals surface area contributed by atoms with Crippen LogP contribution >= 0.6 is 0 Å². The molecule has 1 aromatic heterocycles. The van der Waals surface area contributed by atoms with E-state index in [1.807, 2.05) is 48.7 Å². The number of benzene rings is 2. The van der Waals surface area contributed by atoms with Crippen molar-refractivity contribution in [3.63, 3.8) is 0 Å². The van der Waals surface area contributed by atoms with Crippen LogP contribution in [0.2, 0.25) is 0 Å². The summed E-state index contributed by atoms with van der Waals surface area (Å²) in [5, 5.41) is 3.52. The van der Waals surface area contributed by atoms with Crippen molar-refractivity contribution in [2.75, 3.05) is 6.61 Å². The van der Waals surface area contributed by atoms with Crippen molar-refractivity contribution in [3.8, 4) is 5.75 Å². The number of hydrogen-bond acceptors (Lipinski definition) is 4. The average molecular weight is 329 g/mol. The number of aromatic nitrogens is 1. The molecule has 124 valence electrons. The van der Waals surface area contributed by atoms with Crippen LogP contribution in [0.1, 0.15) is 23.2 Å². The monoisotopic (exact) mass is 329 g/mol. The molecule has 1 N–H and O–H groups in total. The lowest BCUT2D eigenvalue weighted by Gasteiger charge is -2.19. The molecule has 1 aliphatic heterocycles. The van der Waals surface area contributed by atoms with Crippen LogP contribution in [-0.2, 0) is 0 Å². The minimum absolute atomic E-state index is 0.00882. The Balaban J connectivity index is 1.57. The van der Waals surface area contributed by atoms with Crippen LogP contribution in [0, 0.1) is 0 Å². The second kappa shape index (κ2) is 7.18. The Morgan fingerprint density at radius 3 is 2.28 bits per heavy atom. The summed E-state index contributed by atoms with van der Waals surface area (Å²) in [5.41, 5.74) is 2.30. The molecule has 2 atom stereocenters. The van der Waals surface area contributed by atoms with Crippen LogP contribution in [0.15, 0.2) is 90.2 Å². The molecule has 3 aromatic rings. The van der Waals surface area contributed by atoms with Crippen LogP contribution in [-0.4, -0.2) is 17.4 Å². The van der Waals surface area contributed by atoms with Gasteiger partial charge in [-0.05, 0) is 29.3 Å². The second-order valence-corrected chi connectivity index (χ2v) is 5.94. The number of hydrogen-bond donors (Lipinski definition) is 1. The molecule has 1 aliphatic rings. The summed E-state index contributed by atoms with van der Waals surface area (Å²) in [5.74, 6) is 1.69. The van der Waals surface area contributed by atoms with E-state index in [1.165, 1.54) is 5.56 Å². The van der Waals surface area contributed by atoms with E-state index >= 15 is 0 Å². The molecule has 0 bridgehead atoms. The number of para-hydroxylation sites is 1. The molecule has 4 rings (SSSR count). The smallest absolute Gasteiger partial charge is 0.145 e. The SMILES string of the molecule is c1ccc(OCC2=N[C@@H](c3cccnc3)[C@@H](c3ccccc3)N2)cc1. The lowest BCUT2D eigenvalue weighted by molar-refractivity contribution is 0.372. The average Bonchev–Trinajstić information content (AvgIpc) is 3.13. The summed E-state index contributed by atoms with van der Waals surface area (Å²) < 4.78 is 5.85. The van der Waals surface area contributed by atoms with Crippen molar-refractivity contribution in [2.45, 2.75) is 12.1 Å². The van der Waals surface area contributed by atoms with E-state index in [9.17, 15) is 0 Å². The summed E-state index contributed by atoms with van der Waals surface area (Å²) in [6.07, 6.45) is 3.67. The quantitative estimate of drug-likeness (QED) is 0.771. The Bertz CT molecular complexity index is 835. The van der Waals surface area contributed by atoms with Gasteiger partial charge < -0.3 is 10.1 Å². The fraction of sp³-hybridized carbons (Fsp3) is 0.143. The highest BCUT2D eigenvalue weighted by molar-refractivity contribution is 5.86. The maximum absolute atomic E-state index is 5.85. The van der Waals surface area contributed by atoms with E-state index in [0.29, 0.717) is 6.61 Å². The van der Waals surface area contributed by atoms with Gasteiger partial charge in [-0.3, -0.25) is 9.98 Å². The topological polar surface area (TPSA) is 46.5 Å². The molecule has 0 amide bonds. The van der Waals surface area contributed by atoms with Crippen LogP contribution in [0.3, 0.4) is 0 Å². The van der Waals surface area contributed by atoms with Gasteiger partial charge in [0.15, 0.2) is 0 Å². The van der Waals surface area contributed by atoms with E-state index in [0.717, 1.165) is 17.1 Å². The molecule has 0 unspecified atom stereocenters. The molecule has 0 radical (unpaired) electrons. The molecule has 2 heterocycles. The van der Waals surface area contributed by atoms with Crippen molar-refractivity contribution >= 4 is 5.84 Å². The number of pyridine rings is 1. The third kappa shape index (κ3) is 3.53. The number of ether oxygens (including phenoxy) is 1. The molecule has 2 aromatic carbocycles. The third-order valence-electron chi connectivity index (χ3n) is 4.24. The zero-order valence-corrected chi connectivity index (χ0v) is 13.7. The summed E-state index contributed by atoms with van der Waals surface area (Å²) in [6, 6.07) is 24.3. The normalized spacial score (nSPS) is 19.1. The highest BCUT2D eigenvalue weighted by Crippen LogP contribution is 2.35. The van der Waals surface area contributed by atoms with Gasteiger partial charge in [-0.25, -0.2) is 0 Å². The molecule has 4 nitrogen and oxygen atoms in total. The fourth-order valence-electron chi connectivity index (χ4n) is 3.03. The molecular formula is C21H19N3O. The van der Waals surface area contributed by atoms with Gasteiger partial charge >= 0.3 is 0 Å². The predicted octanol–water partition coefficient (Wildman–Crippen LogP) is 3.94. The summed E-state index contributed by atoms with van der Waals surface area (Å²) in [6.45, 7) is 0.421. The summed E-state index contributed by atoms with van der Waals surface area (Å²) in [7, 11) is 0. The van der Waals surface area contributed by atoms with Crippen LogP contribution in [0.25, 0.3) is 0 Å². The minimum Gasteiger partial charge on any atom is -0.486 e. The number of rotatable bonds is 5. The van der Waals surface area contributed by atoms with E-state index in [-0.39, 0.29) is 12.1 Å². The fourth-order valence-corrected chi connectivity index (χ4v) is 3.03. The first-order valence-corrected chi connectivity index (χ1v) is 8.36. The summed E-state index contributed by atoms with van der Waals surface area (Å²) in [4.78, 5) is 9.12. The van der Waals surface area contributed by atoms with Gasteiger partial charge in [-0.1, -0.05) is 54.6 Å². The number of nitrogens with one attached hydrogen (secondary N) is 1. The second-order valence-electron chi connectivity index (χ2n) is 5.94. The third-order valence-corrected chi connectivity index (χ3v) is 4.24. The lowest BCUT2D eigenvalue weighted by Crippen LogP contribution is -2.28. The maximum Gasteiger partial charge on any atom is 0.145 e. The first-order chi connectivity index (χ1) is 12.4. The molecular weight excluding hydrogens is 310 g/mol. The van der Waals surface area contributed by atoms with Gasteiger partial charge in [0, 0.05) is 12.4 Å². The lowest BCUT2D eigenvalue weighted by atomic mass is 9.96. The Kier molecular flexibility index (Phi) is 4.42. The first kappa shape index (κ1) is 15.4. The van der Waals surface area contributed by atoms with Crippen LogP contribution < -0.4 is 10.1 Å². The zero-order chi connectivity index (χ0) is 16.9. The molecule has 0 aliphatic carbocycles. The maximum atomic E-state index is 5.85. The standard InChI is InChI=1S/C21H19N3O/c1-3-8-16(9-4-1)20-21(17-10-7-13-22-14-17)24-19(23-20)15-25-18-11-5-2-6-12-18/h1-14,20-21H,15H2,(H,23,24)/t20-,21+/m1/s1. The Morgan fingerprint density at radius 2 is 1.56 bits per heavy atom. The Hall–Kier alpha value is -3.14. The molecule has 0 fully saturated rings. The van der Waals surface area contributed by atoms with Crippen molar-refractivity contribution < 1.29 is 4.74 Å². The highest BCUT2D eigenvalue weighted by atomic mass is 16.5. The minimum atomic E-state index is -0.00882. The Morgan fingerprint density at radius 1 is 0.840 bits per heavy atom. The van der Waals surface area contributed by atoms with Crippen molar-refractivity contribution in [2.24, 2.45) is 4.99 Å². The molecule has 4 heteroatoms. The van der Waals surface area contributed by atoms with Crippen molar-refractivity contribution in [1.29, 1.82) is 0 Å². The number of aliphatic imine (C=N–C) groups is 1. The van der Waals surface area contributed by atoms with Gasteiger partial charge in [0.1, 0.15) is 24.2 Å². The van der Waals surface area contributed by atoms with Gasteiger partial charge in [-0.15, -0.1) is 0 Å². The zero-order valence-electron chi connectivity index (χ0n) is 13.7. The Labute approximate surface area is 147 Å². The van der Waals surface area contributed by atoms with E-state index in [1.54, 1.807) is 6.20 Å². The molecule has 0 saturated carbocycles. The van der Waals surface area contributed by atoms with Crippen LogP contribution in [0.5, 0.6) is 5.75 Å². The van der Waals surface area contributed by atoms with E-state index in [2.05, 4.69) is 40.6 Å². The van der Waals surface area contributed by atoms with E-state index in [4.69, 9.17) is 9.73 Å². The van der Waals surface area contributed by atoms with Crippen LogP contribution in [0.4, 0.5) is 0 Å². The van der Waals surface area contributed by atoms with E-state index < -0.39 is 0 Å². The summed E-state index contributed by atoms with van der Waals surface area (Å²) >= 11 is 0. The van der Waals surface area contributed by atoms with Crippen molar-refractivity contribution in [3.05, 3.63) is 96.3 Å². The van der Waals surface area contributed by atoms with Gasteiger partial charge in [0.05, 0.1) is 6.04 Å².